The van der Waals surface area contributed by atoms with E-state index in [1.54, 1.807) is 30.3 Å². The van der Waals surface area contributed by atoms with Gasteiger partial charge in [0.1, 0.15) is 17.3 Å². The molecule has 2 N–H and O–H groups in total. The predicted molar refractivity (Wildman–Crippen MR) is 117 cm³/mol. The summed E-state index contributed by atoms with van der Waals surface area (Å²) < 4.78 is 58.3. The molecule has 3 aromatic carbocycles. The lowest BCUT2D eigenvalue weighted by Crippen LogP contribution is -2.35. The Morgan fingerprint density at radius 1 is 0.970 bits per heavy atom. The van der Waals surface area contributed by atoms with E-state index in [0.29, 0.717) is 30.2 Å². The molecule has 0 aromatic heterocycles. The largest absolute Gasteiger partial charge is 0.457 e. The monoisotopic (exact) mass is 458 g/mol. The predicted octanol–water partition coefficient (Wildman–Crippen LogP) is 5.80. The Morgan fingerprint density at radius 2 is 1.61 bits per heavy atom. The summed E-state index contributed by atoms with van der Waals surface area (Å²) >= 11 is 0. The Kier molecular flexibility index (Phi) is 6.65. The van der Waals surface area contributed by atoms with Gasteiger partial charge in [0.2, 0.25) is 5.91 Å². The minimum Gasteiger partial charge on any atom is -0.457 e. The quantitative estimate of drug-likeness (QED) is 0.460. The van der Waals surface area contributed by atoms with E-state index in [2.05, 4.69) is 10.6 Å². The lowest BCUT2D eigenvalue weighted by Gasteiger charge is -2.15. The molecule has 1 aliphatic heterocycles. The van der Waals surface area contributed by atoms with Gasteiger partial charge < -0.3 is 15.4 Å². The molecular weight excluding hydrogens is 436 g/mol. The summed E-state index contributed by atoms with van der Waals surface area (Å²) in [6.07, 6.45) is -3.70. The Balaban J connectivity index is 1.31. The van der Waals surface area contributed by atoms with E-state index in [9.17, 15) is 22.4 Å². The van der Waals surface area contributed by atoms with E-state index in [1.165, 1.54) is 36.4 Å². The number of alkyl halides is 3. The van der Waals surface area contributed by atoms with Crippen molar-refractivity contribution in [2.24, 2.45) is 5.92 Å². The second-order valence-corrected chi connectivity index (χ2v) is 7.99. The number of nitrogens with one attached hydrogen (secondary N) is 2. The van der Waals surface area contributed by atoms with Crippen LogP contribution in [0.4, 0.5) is 23.2 Å². The van der Waals surface area contributed by atoms with Crippen LogP contribution in [0.2, 0.25) is 0 Å². The molecule has 0 spiro atoms. The minimum absolute atomic E-state index is 0.0734. The second kappa shape index (κ2) is 9.62. The molecule has 4 nitrogen and oxygen atoms in total. The van der Waals surface area contributed by atoms with Gasteiger partial charge in [0.25, 0.3) is 0 Å². The highest BCUT2D eigenvalue weighted by Gasteiger charge is 2.35. The molecule has 2 unspecified atom stereocenters. The van der Waals surface area contributed by atoms with Crippen LogP contribution in [0.3, 0.4) is 0 Å². The van der Waals surface area contributed by atoms with E-state index < -0.39 is 17.8 Å². The maximum atomic E-state index is 13.2. The van der Waals surface area contributed by atoms with Crippen molar-refractivity contribution in [2.75, 3.05) is 11.9 Å². The summed E-state index contributed by atoms with van der Waals surface area (Å²) in [5, 5.41) is 5.92. The molecule has 1 saturated heterocycles. The van der Waals surface area contributed by atoms with E-state index in [4.69, 9.17) is 4.74 Å². The molecule has 0 bridgehead atoms. The number of carbonyl (C=O) groups is 1. The van der Waals surface area contributed by atoms with Gasteiger partial charge in [0.15, 0.2) is 0 Å². The number of benzene rings is 3. The van der Waals surface area contributed by atoms with Crippen LogP contribution >= 0.6 is 0 Å². The number of hydrogen-bond acceptors (Lipinski definition) is 3. The topological polar surface area (TPSA) is 50.4 Å². The number of carbonyl (C=O) groups excluding carboxylic acids is 1. The molecular formula is C25H22F4N2O2. The summed E-state index contributed by atoms with van der Waals surface area (Å²) in [5.41, 5.74) is 0.189. The highest BCUT2D eigenvalue weighted by Crippen LogP contribution is 2.34. The smallest absolute Gasteiger partial charge is 0.416 e. The highest BCUT2D eigenvalue weighted by atomic mass is 19.4. The minimum atomic E-state index is -4.40. The van der Waals surface area contributed by atoms with E-state index in [1.807, 2.05) is 0 Å². The van der Waals surface area contributed by atoms with Crippen LogP contribution in [-0.4, -0.2) is 18.5 Å². The first kappa shape index (κ1) is 22.8. The number of hydrogen-bond donors (Lipinski definition) is 2. The first-order chi connectivity index (χ1) is 15.8. The van der Waals surface area contributed by atoms with Crippen molar-refractivity contribution < 1.29 is 27.1 Å². The SMILES string of the molecule is O=C(Nc1ccc(Oc2ccc(F)cc2)cc1)C1CC(Cc2ccccc2C(F)(F)F)CN1. The standard InChI is InChI=1S/C25H22F4N2O2/c26-18-5-9-20(10-6-18)33-21-11-7-19(8-12-21)31-24(32)23-14-16(15-30-23)13-17-3-1-2-4-22(17)25(27,28)29/h1-12,16,23,30H,13-15H2,(H,31,32). The van der Waals surface area contributed by atoms with Crippen molar-refractivity contribution >= 4 is 11.6 Å². The first-order valence-electron chi connectivity index (χ1n) is 10.5. The van der Waals surface area contributed by atoms with Crippen LogP contribution in [0.15, 0.2) is 72.8 Å². The van der Waals surface area contributed by atoms with Gasteiger partial charge >= 0.3 is 6.18 Å². The molecule has 0 radical (unpaired) electrons. The Labute approximate surface area is 188 Å². The molecule has 172 valence electrons. The fourth-order valence-electron chi connectivity index (χ4n) is 3.92. The van der Waals surface area contributed by atoms with Crippen molar-refractivity contribution in [3.05, 3.63) is 89.7 Å². The molecule has 1 fully saturated rings. The fourth-order valence-corrected chi connectivity index (χ4v) is 3.92. The Bertz CT molecular complexity index is 1100. The average Bonchev–Trinajstić information content (AvgIpc) is 3.25. The number of ether oxygens (including phenoxy) is 1. The molecule has 1 aliphatic rings. The second-order valence-electron chi connectivity index (χ2n) is 7.99. The molecule has 2 atom stereocenters. The number of anilines is 1. The zero-order valence-corrected chi connectivity index (χ0v) is 17.5. The molecule has 33 heavy (non-hydrogen) atoms. The maximum absolute atomic E-state index is 13.2. The summed E-state index contributed by atoms with van der Waals surface area (Å²) in [4.78, 5) is 12.6. The van der Waals surface area contributed by atoms with Gasteiger partial charge in [-0.1, -0.05) is 18.2 Å². The fraction of sp³-hybridized carbons (Fsp3) is 0.240. The van der Waals surface area contributed by atoms with Gasteiger partial charge in [0, 0.05) is 5.69 Å². The highest BCUT2D eigenvalue weighted by molar-refractivity contribution is 5.95. The lowest BCUT2D eigenvalue weighted by molar-refractivity contribution is -0.138. The maximum Gasteiger partial charge on any atom is 0.416 e. The van der Waals surface area contributed by atoms with Crippen LogP contribution in [0.5, 0.6) is 11.5 Å². The molecule has 4 rings (SSSR count). The van der Waals surface area contributed by atoms with Crippen LogP contribution in [-0.2, 0) is 17.4 Å². The lowest BCUT2D eigenvalue weighted by atomic mass is 9.93. The summed E-state index contributed by atoms with van der Waals surface area (Å²) in [6, 6.07) is 17.4. The number of rotatable bonds is 6. The third-order valence-corrected chi connectivity index (χ3v) is 5.54. The van der Waals surface area contributed by atoms with Gasteiger partial charge in [-0.2, -0.15) is 13.2 Å². The zero-order valence-electron chi connectivity index (χ0n) is 17.5. The summed E-state index contributed by atoms with van der Waals surface area (Å²) in [6.45, 7) is 0.467. The molecule has 3 aromatic rings. The van der Waals surface area contributed by atoms with Crippen LogP contribution in [0.1, 0.15) is 17.5 Å². The van der Waals surface area contributed by atoms with Crippen molar-refractivity contribution in [3.63, 3.8) is 0 Å². The van der Waals surface area contributed by atoms with E-state index in [0.717, 1.165) is 6.07 Å². The average molecular weight is 458 g/mol. The van der Waals surface area contributed by atoms with Crippen LogP contribution in [0.25, 0.3) is 0 Å². The van der Waals surface area contributed by atoms with Gasteiger partial charge in [-0.15, -0.1) is 0 Å². The van der Waals surface area contributed by atoms with Gasteiger partial charge in [0.05, 0.1) is 11.6 Å². The number of amides is 1. The van der Waals surface area contributed by atoms with Crippen molar-refractivity contribution in [1.29, 1.82) is 0 Å². The van der Waals surface area contributed by atoms with E-state index in [-0.39, 0.29) is 29.6 Å². The Morgan fingerprint density at radius 3 is 2.27 bits per heavy atom. The summed E-state index contributed by atoms with van der Waals surface area (Å²) in [5.74, 6) is 0.348. The Hall–Kier alpha value is -3.39. The molecule has 1 amide bonds. The third kappa shape index (κ3) is 5.90. The van der Waals surface area contributed by atoms with Crippen LogP contribution < -0.4 is 15.4 Å². The van der Waals surface area contributed by atoms with Gasteiger partial charge in [-0.3, -0.25) is 4.79 Å². The first-order valence-corrected chi connectivity index (χ1v) is 10.5. The van der Waals surface area contributed by atoms with Crippen LogP contribution in [0, 0.1) is 11.7 Å². The van der Waals surface area contributed by atoms with Gasteiger partial charge in [-0.05, 0) is 85.5 Å². The number of halogens is 4. The van der Waals surface area contributed by atoms with Crippen molar-refractivity contribution in [1.82, 2.24) is 5.32 Å². The normalized spacial score (nSPS) is 18.2. The molecule has 1 heterocycles. The van der Waals surface area contributed by atoms with Gasteiger partial charge in [-0.25, -0.2) is 4.39 Å². The molecule has 0 saturated carbocycles. The molecule has 0 aliphatic carbocycles. The summed E-state index contributed by atoms with van der Waals surface area (Å²) in [7, 11) is 0. The van der Waals surface area contributed by atoms with Crippen molar-refractivity contribution in [3.8, 4) is 11.5 Å². The molecule has 8 heteroatoms. The third-order valence-electron chi connectivity index (χ3n) is 5.54. The van der Waals surface area contributed by atoms with Crippen molar-refractivity contribution in [2.45, 2.75) is 25.1 Å². The zero-order chi connectivity index (χ0) is 23.4. The van der Waals surface area contributed by atoms with E-state index >= 15 is 0 Å².